The molecule has 1 aromatic carbocycles. The van der Waals surface area contributed by atoms with E-state index in [2.05, 4.69) is 26.1 Å². The first-order valence-corrected chi connectivity index (χ1v) is 7.47. The number of halogens is 2. The smallest absolute Gasteiger partial charge is 0.261 e. The van der Waals surface area contributed by atoms with E-state index in [4.69, 9.17) is 10.3 Å². The van der Waals surface area contributed by atoms with Gasteiger partial charge in [-0.25, -0.2) is 4.39 Å². The summed E-state index contributed by atoms with van der Waals surface area (Å²) in [6.07, 6.45) is 4.99. The zero-order valence-electron chi connectivity index (χ0n) is 10.9. The Kier molecular flexibility index (Phi) is 3.60. The van der Waals surface area contributed by atoms with Crippen molar-refractivity contribution in [2.45, 2.75) is 37.6 Å². The largest absolute Gasteiger partial charge is 0.334 e. The molecule has 0 amide bonds. The molecule has 6 heteroatoms. The van der Waals surface area contributed by atoms with Gasteiger partial charge in [-0.15, -0.1) is 0 Å². The van der Waals surface area contributed by atoms with Gasteiger partial charge < -0.3 is 10.3 Å². The highest BCUT2D eigenvalue weighted by Gasteiger charge is 2.34. The number of nitrogens with zero attached hydrogens (tertiary/aromatic N) is 2. The minimum atomic E-state index is -0.539. The van der Waals surface area contributed by atoms with E-state index in [0.29, 0.717) is 10.3 Å². The van der Waals surface area contributed by atoms with Gasteiger partial charge in [0.05, 0.1) is 15.6 Å². The van der Waals surface area contributed by atoms with Crippen LogP contribution in [0.15, 0.2) is 27.2 Å². The van der Waals surface area contributed by atoms with Gasteiger partial charge in [-0.3, -0.25) is 0 Å². The summed E-state index contributed by atoms with van der Waals surface area (Å²) in [6.45, 7) is 0. The molecule has 0 aliphatic heterocycles. The predicted octanol–water partition coefficient (Wildman–Crippen LogP) is 3.76. The molecule has 0 bridgehead atoms. The first kappa shape index (κ1) is 13.7. The van der Waals surface area contributed by atoms with Crippen LogP contribution in [0.2, 0.25) is 0 Å². The monoisotopic (exact) mass is 339 g/mol. The second kappa shape index (κ2) is 5.26. The van der Waals surface area contributed by atoms with Crippen LogP contribution in [0.4, 0.5) is 4.39 Å². The summed E-state index contributed by atoms with van der Waals surface area (Å²) < 4.78 is 19.6. The van der Waals surface area contributed by atoms with Crippen molar-refractivity contribution in [1.82, 2.24) is 10.1 Å². The molecule has 0 spiro atoms. The molecular formula is C14H15BrFN3O. The quantitative estimate of drug-likeness (QED) is 0.904. The Balaban J connectivity index is 1.96. The molecule has 1 saturated carbocycles. The van der Waals surface area contributed by atoms with Crippen LogP contribution in [0.1, 0.15) is 37.9 Å². The number of hydrogen-bond donors (Lipinski definition) is 1. The first-order chi connectivity index (χ1) is 9.60. The lowest BCUT2D eigenvalue weighted by molar-refractivity contribution is 0.275. The molecule has 1 heterocycles. The average molecular weight is 340 g/mol. The summed E-state index contributed by atoms with van der Waals surface area (Å²) in [6, 6.07) is 4.97. The second-order valence-corrected chi connectivity index (χ2v) is 6.10. The van der Waals surface area contributed by atoms with Crippen LogP contribution in [-0.2, 0) is 5.54 Å². The summed E-state index contributed by atoms with van der Waals surface area (Å²) >= 11 is 3.15. The zero-order valence-corrected chi connectivity index (χ0v) is 12.5. The molecule has 0 atom stereocenters. The van der Waals surface area contributed by atoms with Crippen LogP contribution in [-0.4, -0.2) is 10.1 Å². The van der Waals surface area contributed by atoms with Gasteiger partial charge in [0.25, 0.3) is 5.89 Å². The molecule has 1 fully saturated rings. The van der Waals surface area contributed by atoms with E-state index >= 15 is 0 Å². The van der Waals surface area contributed by atoms with E-state index in [1.807, 2.05) is 0 Å². The highest BCUT2D eigenvalue weighted by molar-refractivity contribution is 9.10. The minimum absolute atomic E-state index is 0.175. The normalized spacial score (nSPS) is 18.1. The maximum atomic E-state index is 14.0. The van der Waals surface area contributed by atoms with Crippen LogP contribution in [0.5, 0.6) is 0 Å². The third-order valence-electron chi connectivity index (χ3n) is 3.80. The number of aromatic nitrogens is 2. The van der Waals surface area contributed by atoms with E-state index in [1.54, 1.807) is 18.2 Å². The molecule has 1 aromatic heterocycles. The lowest BCUT2D eigenvalue weighted by atomic mass is 9.82. The topological polar surface area (TPSA) is 64.9 Å². The zero-order chi connectivity index (χ0) is 14.2. The van der Waals surface area contributed by atoms with Crippen LogP contribution in [0.3, 0.4) is 0 Å². The predicted molar refractivity (Wildman–Crippen MR) is 76.3 cm³/mol. The van der Waals surface area contributed by atoms with Gasteiger partial charge in [-0.05, 0) is 40.9 Å². The molecule has 2 aromatic rings. The van der Waals surface area contributed by atoms with E-state index < -0.39 is 11.4 Å². The Labute approximate surface area is 124 Å². The van der Waals surface area contributed by atoms with Crippen molar-refractivity contribution in [2.75, 3.05) is 0 Å². The summed E-state index contributed by atoms with van der Waals surface area (Å²) in [4.78, 5) is 4.31. The number of nitrogens with two attached hydrogens (primary N) is 1. The molecule has 20 heavy (non-hydrogen) atoms. The SMILES string of the molecule is NC1(c2noc(-c3cccc(Br)c3F)n2)CCCCC1. The van der Waals surface area contributed by atoms with Gasteiger partial charge in [0.2, 0.25) is 0 Å². The number of hydrogen-bond acceptors (Lipinski definition) is 4. The van der Waals surface area contributed by atoms with Crippen LogP contribution < -0.4 is 5.73 Å². The van der Waals surface area contributed by atoms with Crippen molar-refractivity contribution in [1.29, 1.82) is 0 Å². The second-order valence-electron chi connectivity index (χ2n) is 5.24. The van der Waals surface area contributed by atoms with Gasteiger partial charge in [0, 0.05) is 0 Å². The Morgan fingerprint density at radius 2 is 2.00 bits per heavy atom. The fraction of sp³-hybridized carbons (Fsp3) is 0.429. The molecular weight excluding hydrogens is 325 g/mol. The lowest BCUT2D eigenvalue weighted by Crippen LogP contribution is -2.39. The van der Waals surface area contributed by atoms with Gasteiger partial charge in [-0.2, -0.15) is 4.98 Å². The maximum absolute atomic E-state index is 14.0. The molecule has 0 saturated heterocycles. The van der Waals surface area contributed by atoms with Crippen molar-refractivity contribution in [3.63, 3.8) is 0 Å². The Bertz CT molecular complexity index is 623. The van der Waals surface area contributed by atoms with Crippen molar-refractivity contribution < 1.29 is 8.91 Å². The third-order valence-corrected chi connectivity index (χ3v) is 4.41. The van der Waals surface area contributed by atoms with Gasteiger partial charge in [0.1, 0.15) is 5.82 Å². The molecule has 106 valence electrons. The first-order valence-electron chi connectivity index (χ1n) is 6.68. The Hall–Kier alpha value is -1.27. The number of benzene rings is 1. The molecule has 3 rings (SSSR count). The van der Waals surface area contributed by atoms with Crippen molar-refractivity contribution in [3.05, 3.63) is 34.3 Å². The fourth-order valence-corrected chi connectivity index (χ4v) is 2.98. The highest BCUT2D eigenvalue weighted by atomic mass is 79.9. The van der Waals surface area contributed by atoms with Gasteiger partial charge in [0.15, 0.2) is 5.82 Å². The lowest BCUT2D eigenvalue weighted by Gasteiger charge is -2.29. The molecule has 1 aliphatic carbocycles. The average Bonchev–Trinajstić information content (AvgIpc) is 2.93. The molecule has 4 nitrogen and oxygen atoms in total. The maximum Gasteiger partial charge on any atom is 0.261 e. The highest BCUT2D eigenvalue weighted by Crippen LogP contribution is 2.34. The van der Waals surface area contributed by atoms with E-state index in [9.17, 15) is 4.39 Å². The Morgan fingerprint density at radius 1 is 1.25 bits per heavy atom. The Morgan fingerprint density at radius 3 is 2.75 bits per heavy atom. The van der Waals surface area contributed by atoms with Crippen LogP contribution >= 0.6 is 15.9 Å². The molecule has 2 N–H and O–H groups in total. The van der Waals surface area contributed by atoms with Crippen LogP contribution in [0.25, 0.3) is 11.5 Å². The van der Waals surface area contributed by atoms with E-state index in [0.717, 1.165) is 25.7 Å². The summed E-state index contributed by atoms with van der Waals surface area (Å²) in [7, 11) is 0. The van der Waals surface area contributed by atoms with E-state index in [-0.39, 0.29) is 11.5 Å². The minimum Gasteiger partial charge on any atom is -0.334 e. The van der Waals surface area contributed by atoms with Crippen molar-refractivity contribution in [3.8, 4) is 11.5 Å². The van der Waals surface area contributed by atoms with Crippen LogP contribution in [0, 0.1) is 5.82 Å². The molecule has 1 aliphatic rings. The fourth-order valence-electron chi connectivity index (χ4n) is 2.61. The van der Waals surface area contributed by atoms with Crippen molar-refractivity contribution in [2.24, 2.45) is 5.73 Å². The van der Waals surface area contributed by atoms with E-state index in [1.165, 1.54) is 6.42 Å². The van der Waals surface area contributed by atoms with Crippen molar-refractivity contribution >= 4 is 15.9 Å². The van der Waals surface area contributed by atoms with Gasteiger partial charge in [-0.1, -0.05) is 30.5 Å². The standard InChI is InChI=1S/C14H15BrFN3O/c15-10-6-4-5-9(11(10)16)12-18-13(19-20-12)14(17)7-2-1-3-8-14/h4-6H,1-3,7-8,17H2. The summed E-state index contributed by atoms with van der Waals surface area (Å²) in [5.74, 6) is 0.248. The third kappa shape index (κ3) is 2.38. The molecule has 0 radical (unpaired) electrons. The summed E-state index contributed by atoms with van der Waals surface area (Å²) in [5, 5.41) is 3.97. The number of rotatable bonds is 2. The molecule has 0 unspecified atom stereocenters. The summed E-state index contributed by atoms with van der Waals surface area (Å²) in [5.41, 5.74) is 6.10. The van der Waals surface area contributed by atoms with Gasteiger partial charge >= 0.3 is 0 Å².